The minimum Gasteiger partial charge on any atom is -0.335 e. The molecule has 3 aromatic rings. The number of imidazole rings is 2. The second-order valence-corrected chi connectivity index (χ2v) is 6.02. The third-order valence-corrected chi connectivity index (χ3v) is 4.25. The fraction of sp³-hybridized carbons (Fsp3) is 0.286. The molecule has 0 bridgehead atoms. The summed E-state index contributed by atoms with van der Waals surface area (Å²) >= 11 is 9.23. The Hall–Kier alpha value is -1.40. The SMILES string of the molecule is CC(Cn1ccnc1)n1c(CCl)nc2cc(F)c(Br)cc21. The minimum absolute atomic E-state index is 0.121. The van der Waals surface area contributed by atoms with Crippen molar-refractivity contribution in [2.45, 2.75) is 25.4 Å². The van der Waals surface area contributed by atoms with Gasteiger partial charge in [-0.25, -0.2) is 14.4 Å². The smallest absolute Gasteiger partial charge is 0.139 e. The van der Waals surface area contributed by atoms with Gasteiger partial charge in [0.2, 0.25) is 0 Å². The number of halogens is 3. The third kappa shape index (κ3) is 2.70. The van der Waals surface area contributed by atoms with Gasteiger partial charge in [-0.2, -0.15) is 0 Å². The summed E-state index contributed by atoms with van der Waals surface area (Å²) in [5, 5.41) is 0. The van der Waals surface area contributed by atoms with Gasteiger partial charge in [0, 0.05) is 25.0 Å². The first-order chi connectivity index (χ1) is 10.1. The summed E-state index contributed by atoms with van der Waals surface area (Å²) in [7, 11) is 0. The Morgan fingerprint density at radius 1 is 1.43 bits per heavy atom. The summed E-state index contributed by atoms with van der Waals surface area (Å²) in [6, 6.07) is 3.30. The van der Waals surface area contributed by atoms with E-state index in [2.05, 4.69) is 32.8 Å². The lowest BCUT2D eigenvalue weighted by atomic mass is 10.2. The number of nitrogens with zero attached hydrogens (tertiary/aromatic N) is 4. The number of hydrogen-bond acceptors (Lipinski definition) is 2. The van der Waals surface area contributed by atoms with Gasteiger partial charge in [0.15, 0.2) is 0 Å². The molecule has 1 unspecified atom stereocenters. The average Bonchev–Trinajstić information content (AvgIpc) is 3.06. The van der Waals surface area contributed by atoms with E-state index in [9.17, 15) is 4.39 Å². The Bertz CT molecular complexity index is 769. The molecular weight excluding hydrogens is 359 g/mol. The van der Waals surface area contributed by atoms with Crippen LogP contribution in [-0.2, 0) is 12.4 Å². The van der Waals surface area contributed by atoms with Gasteiger partial charge in [0.25, 0.3) is 0 Å². The van der Waals surface area contributed by atoms with E-state index in [1.54, 1.807) is 18.6 Å². The number of rotatable bonds is 4. The van der Waals surface area contributed by atoms with Gasteiger partial charge >= 0.3 is 0 Å². The highest BCUT2D eigenvalue weighted by Crippen LogP contribution is 2.28. The minimum atomic E-state index is -0.324. The fourth-order valence-electron chi connectivity index (χ4n) is 2.51. The van der Waals surface area contributed by atoms with Crippen LogP contribution < -0.4 is 0 Å². The molecule has 0 N–H and O–H groups in total. The lowest BCUT2D eigenvalue weighted by molar-refractivity contribution is 0.464. The van der Waals surface area contributed by atoms with E-state index in [-0.39, 0.29) is 17.7 Å². The molecule has 0 fully saturated rings. The fourth-order valence-corrected chi connectivity index (χ4v) is 3.03. The molecule has 1 aromatic carbocycles. The van der Waals surface area contributed by atoms with Crippen molar-refractivity contribution in [3.8, 4) is 0 Å². The number of aromatic nitrogens is 4. The van der Waals surface area contributed by atoms with Crippen molar-refractivity contribution in [1.29, 1.82) is 0 Å². The van der Waals surface area contributed by atoms with Crippen molar-refractivity contribution in [2.75, 3.05) is 0 Å². The molecule has 0 aliphatic heterocycles. The van der Waals surface area contributed by atoms with Crippen LogP contribution in [0.3, 0.4) is 0 Å². The Morgan fingerprint density at radius 3 is 2.90 bits per heavy atom. The highest BCUT2D eigenvalue weighted by atomic mass is 79.9. The van der Waals surface area contributed by atoms with Crippen LogP contribution >= 0.6 is 27.5 Å². The van der Waals surface area contributed by atoms with E-state index in [4.69, 9.17) is 11.6 Å². The lowest BCUT2D eigenvalue weighted by Gasteiger charge is -2.17. The normalized spacial score (nSPS) is 13.0. The molecular formula is C14H13BrClFN4. The van der Waals surface area contributed by atoms with Gasteiger partial charge in [-0.05, 0) is 28.9 Å². The number of hydrogen-bond donors (Lipinski definition) is 0. The van der Waals surface area contributed by atoms with E-state index >= 15 is 0 Å². The molecule has 0 saturated carbocycles. The topological polar surface area (TPSA) is 35.6 Å². The Balaban J connectivity index is 2.09. The first-order valence-electron chi connectivity index (χ1n) is 6.47. The molecule has 0 aliphatic carbocycles. The van der Waals surface area contributed by atoms with Gasteiger partial charge in [-0.15, -0.1) is 11.6 Å². The predicted molar refractivity (Wildman–Crippen MR) is 83.9 cm³/mol. The summed E-state index contributed by atoms with van der Waals surface area (Å²) in [4.78, 5) is 8.47. The van der Waals surface area contributed by atoms with Crippen molar-refractivity contribution in [2.24, 2.45) is 0 Å². The summed E-state index contributed by atoms with van der Waals surface area (Å²) < 4.78 is 18.1. The molecule has 3 rings (SSSR count). The zero-order chi connectivity index (χ0) is 15.0. The van der Waals surface area contributed by atoms with Crippen LogP contribution in [0.2, 0.25) is 0 Å². The molecule has 4 nitrogen and oxygen atoms in total. The third-order valence-electron chi connectivity index (χ3n) is 3.40. The molecule has 7 heteroatoms. The largest absolute Gasteiger partial charge is 0.335 e. The molecule has 1 atom stereocenters. The van der Waals surface area contributed by atoms with Gasteiger partial charge in [0.1, 0.15) is 11.6 Å². The number of benzene rings is 1. The van der Waals surface area contributed by atoms with Gasteiger partial charge in [-0.1, -0.05) is 0 Å². The van der Waals surface area contributed by atoms with Crippen LogP contribution in [0.25, 0.3) is 11.0 Å². The number of alkyl halides is 1. The molecule has 2 aromatic heterocycles. The standard InChI is InChI=1S/C14H13BrClFN4/c1-9(7-20-3-2-18-8-20)21-13-4-10(15)11(17)5-12(13)19-14(21)6-16/h2-5,8-9H,6-7H2,1H3. The molecule has 0 spiro atoms. The van der Waals surface area contributed by atoms with Crippen LogP contribution in [0.1, 0.15) is 18.8 Å². The molecule has 0 amide bonds. The molecule has 0 radical (unpaired) electrons. The second-order valence-electron chi connectivity index (χ2n) is 4.90. The van der Waals surface area contributed by atoms with Crippen molar-refractivity contribution >= 4 is 38.6 Å². The monoisotopic (exact) mass is 370 g/mol. The van der Waals surface area contributed by atoms with Crippen LogP contribution in [0.4, 0.5) is 4.39 Å². The zero-order valence-corrected chi connectivity index (χ0v) is 13.6. The highest BCUT2D eigenvalue weighted by molar-refractivity contribution is 9.10. The zero-order valence-electron chi connectivity index (χ0n) is 11.3. The van der Waals surface area contributed by atoms with E-state index in [0.29, 0.717) is 9.99 Å². The summed E-state index contributed by atoms with van der Waals surface area (Å²) in [5.74, 6) is 0.689. The summed E-state index contributed by atoms with van der Waals surface area (Å²) in [5.41, 5.74) is 1.48. The molecule has 21 heavy (non-hydrogen) atoms. The summed E-state index contributed by atoms with van der Waals surface area (Å²) in [6.45, 7) is 2.82. The molecule has 0 saturated heterocycles. The maximum atomic E-state index is 13.7. The highest BCUT2D eigenvalue weighted by Gasteiger charge is 2.17. The second kappa shape index (κ2) is 5.77. The van der Waals surface area contributed by atoms with E-state index < -0.39 is 0 Å². The van der Waals surface area contributed by atoms with Crippen molar-refractivity contribution < 1.29 is 4.39 Å². The maximum Gasteiger partial charge on any atom is 0.139 e. The first-order valence-corrected chi connectivity index (χ1v) is 7.80. The molecule has 0 aliphatic rings. The van der Waals surface area contributed by atoms with Crippen LogP contribution in [0, 0.1) is 5.82 Å². The van der Waals surface area contributed by atoms with Crippen molar-refractivity contribution in [1.82, 2.24) is 19.1 Å². The predicted octanol–water partition coefficient (Wildman–Crippen LogP) is 4.13. The lowest BCUT2D eigenvalue weighted by Crippen LogP contribution is -2.14. The maximum absolute atomic E-state index is 13.7. The van der Waals surface area contributed by atoms with Crippen LogP contribution in [0.15, 0.2) is 35.3 Å². The van der Waals surface area contributed by atoms with E-state index in [0.717, 1.165) is 17.9 Å². The Kier molecular flexibility index (Phi) is 3.99. The van der Waals surface area contributed by atoms with Gasteiger partial charge in [0.05, 0.1) is 33.8 Å². The summed E-state index contributed by atoms with van der Waals surface area (Å²) in [6.07, 6.45) is 5.42. The van der Waals surface area contributed by atoms with Gasteiger partial charge < -0.3 is 9.13 Å². The molecule has 110 valence electrons. The van der Waals surface area contributed by atoms with Crippen molar-refractivity contribution in [3.05, 3.63) is 47.0 Å². The van der Waals surface area contributed by atoms with Gasteiger partial charge in [-0.3, -0.25) is 0 Å². The Labute approximate surface area is 134 Å². The quantitative estimate of drug-likeness (QED) is 0.646. The Morgan fingerprint density at radius 2 is 2.24 bits per heavy atom. The van der Waals surface area contributed by atoms with Crippen LogP contribution in [-0.4, -0.2) is 19.1 Å². The van der Waals surface area contributed by atoms with Crippen LogP contribution in [0.5, 0.6) is 0 Å². The molecule has 2 heterocycles. The van der Waals surface area contributed by atoms with E-state index in [1.807, 2.05) is 15.3 Å². The number of fused-ring (bicyclic) bond motifs is 1. The average molecular weight is 372 g/mol. The van der Waals surface area contributed by atoms with Crippen molar-refractivity contribution in [3.63, 3.8) is 0 Å². The van der Waals surface area contributed by atoms with E-state index in [1.165, 1.54) is 6.07 Å². The first kappa shape index (κ1) is 14.5.